The molecule has 88 valence electrons. The lowest BCUT2D eigenvalue weighted by Crippen LogP contribution is -2.28. The predicted molar refractivity (Wildman–Crippen MR) is 64.8 cm³/mol. The van der Waals surface area contributed by atoms with Gasteiger partial charge in [-0.05, 0) is 32.0 Å². The Morgan fingerprint density at radius 2 is 2.06 bits per heavy atom. The number of carbonyl (C=O) groups is 1. The largest absolute Gasteiger partial charge is 0.507 e. The summed E-state index contributed by atoms with van der Waals surface area (Å²) in [5.41, 5.74) is 2.16. The van der Waals surface area contributed by atoms with E-state index >= 15 is 0 Å². The van der Waals surface area contributed by atoms with Gasteiger partial charge in [0.15, 0.2) is 0 Å². The molecule has 0 atom stereocenters. The van der Waals surface area contributed by atoms with E-state index in [0.29, 0.717) is 11.3 Å². The lowest BCUT2D eigenvalue weighted by molar-refractivity contribution is -0.115. The van der Waals surface area contributed by atoms with E-state index < -0.39 is 0 Å². The molecule has 3 N–H and O–H groups in total. The fourth-order valence-corrected chi connectivity index (χ4v) is 1.40. The van der Waals surface area contributed by atoms with Crippen LogP contribution in [0.2, 0.25) is 0 Å². The summed E-state index contributed by atoms with van der Waals surface area (Å²) in [5, 5.41) is 15.4. The van der Waals surface area contributed by atoms with Crippen LogP contribution in [0.25, 0.3) is 0 Å². The van der Waals surface area contributed by atoms with Gasteiger partial charge in [-0.15, -0.1) is 0 Å². The zero-order valence-corrected chi connectivity index (χ0v) is 9.92. The predicted octanol–water partition coefficient (Wildman–Crippen LogP) is 1.56. The van der Waals surface area contributed by atoms with Crippen LogP contribution in [0.3, 0.4) is 0 Å². The van der Waals surface area contributed by atoms with Crippen molar-refractivity contribution in [3.63, 3.8) is 0 Å². The second-order valence-corrected chi connectivity index (χ2v) is 3.73. The SMILES string of the molecule is CCNCC(=O)Nc1ccc(C)c(O)c1C. The molecule has 0 aromatic heterocycles. The van der Waals surface area contributed by atoms with E-state index in [9.17, 15) is 9.90 Å². The Labute approximate surface area is 95.7 Å². The van der Waals surface area contributed by atoms with Crippen molar-refractivity contribution in [2.45, 2.75) is 20.8 Å². The van der Waals surface area contributed by atoms with E-state index in [0.717, 1.165) is 12.1 Å². The normalized spacial score (nSPS) is 10.2. The number of aryl methyl sites for hydroxylation is 1. The summed E-state index contributed by atoms with van der Waals surface area (Å²) in [5.74, 6) is 0.134. The minimum absolute atomic E-state index is 0.104. The molecule has 0 aliphatic heterocycles. The lowest BCUT2D eigenvalue weighted by Gasteiger charge is -2.11. The van der Waals surface area contributed by atoms with E-state index in [2.05, 4.69) is 10.6 Å². The Balaban J connectivity index is 2.74. The van der Waals surface area contributed by atoms with E-state index in [1.807, 2.05) is 13.8 Å². The summed E-state index contributed by atoms with van der Waals surface area (Å²) < 4.78 is 0. The van der Waals surface area contributed by atoms with Crippen LogP contribution in [0.5, 0.6) is 5.75 Å². The Kier molecular flexibility index (Phi) is 4.31. The van der Waals surface area contributed by atoms with Crippen LogP contribution in [-0.4, -0.2) is 24.1 Å². The average molecular weight is 222 g/mol. The molecule has 0 saturated heterocycles. The quantitative estimate of drug-likeness (QED) is 0.724. The summed E-state index contributed by atoms with van der Waals surface area (Å²) in [6.07, 6.45) is 0. The van der Waals surface area contributed by atoms with Crippen LogP contribution >= 0.6 is 0 Å². The molecule has 1 aromatic rings. The van der Waals surface area contributed by atoms with Crippen molar-refractivity contribution in [2.24, 2.45) is 0 Å². The standard InChI is InChI=1S/C12H18N2O2/c1-4-13-7-11(15)14-10-6-5-8(2)12(16)9(10)3/h5-6,13,16H,4,7H2,1-3H3,(H,14,15). The van der Waals surface area contributed by atoms with Crippen LogP contribution in [0, 0.1) is 13.8 Å². The maximum absolute atomic E-state index is 11.5. The first-order valence-corrected chi connectivity index (χ1v) is 5.36. The fourth-order valence-electron chi connectivity index (χ4n) is 1.40. The van der Waals surface area contributed by atoms with Gasteiger partial charge >= 0.3 is 0 Å². The van der Waals surface area contributed by atoms with Crippen LogP contribution in [0.4, 0.5) is 5.69 Å². The topological polar surface area (TPSA) is 61.4 Å². The second kappa shape index (κ2) is 5.51. The molecule has 0 aliphatic rings. The van der Waals surface area contributed by atoms with Gasteiger partial charge in [0.1, 0.15) is 5.75 Å². The number of nitrogens with one attached hydrogen (secondary N) is 2. The molecule has 1 rings (SSSR count). The van der Waals surface area contributed by atoms with Crippen molar-refractivity contribution in [2.75, 3.05) is 18.4 Å². The van der Waals surface area contributed by atoms with Gasteiger partial charge in [0, 0.05) is 11.3 Å². The summed E-state index contributed by atoms with van der Waals surface area (Å²) in [6.45, 7) is 6.59. The molecule has 0 spiro atoms. The number of hydrogen-bond acceptors (Lipinski definition) is 3. The highest BCUT2D eigenvalue weighted by Gasteiger charge is 2.08. The Morgan fingerprint density at radius 3 is 2.69 bits per heavy atom. The Hall–Kier alpha value is -1.55. The first-order chi connectivity index (χ1) is 7.56. The second-order valence-electron chi connectivity index (χ2n) is 3.73. The van der Waals surface area contributed by atoms with Gasteiger partial charge < -0.3 is 15.7 Å². The van der Waals surface area contributed by atoms with Crippen molar-refractivity contribution in [3.8, 4) is 5.75 Å². The maximum Gasteiger partial charge on any atom is 0.238 e. The third-order valence-corrected chi connectivity index (χ3v) is 2.44. The number of amides is 1. The Bertz CT molecular complexity index is 389. The highest BCUT2D eigenvalue weighted by Crippen LogP contribution is 2.27. The summed E-state index contributed by atoms with van der Waals surface area (Å²) in [6, 6.07) is 3.58. The van der Waals surface area contributed by atoms with Gasteiger partial charge in [0.05, 0.1) is 6.54 Å². The molecule has 1 aromatic carbocycles. The molecule has 0 aliphatic carbocycles. The average Bonchev–Trinajstić information content (AvgIpc) is 2.27. The molecule has 16 heavy (non-hydrogen) atoms. The van der Waals surface area contributed by atoms with Crippen LogP contribution < -0.4 is 10.6 Å². The number of likely N-dealkylation sites (N-methyl/N-ethyl adjacent to an activating group) is 1. The summed E-state index contributed by atoms with van der Waals surface area (Å²) >= 11 is 0. The van der Waals surface area contributed by atoms with Crippen molar-refractivity contribution >= 4 is 11.6 Å². The van der Waals surface area contributed by atoms with Gasteiger partial charge in [-0.1, -0.05) is 13.0 Å². The molecule has 0 fully saturated rings. The number of carbonyl (C=O) groups excluding carboxylic acids is 1. The van der Waals surface area contributed by atoms with Gasteiger partial charge in [0.25, 0.3) is 0 Å². The van der Waals surface area contributed by atoms with Crippen LogP contribution in [0.1, 0.15) is 18.1 Å². The number of anilines is 1. The molecule has 0 radical (unpaired) electrons. The molecule has 0 saturated carbocycles. The van der Waals surface area contributed by atoms with Gasteiger partial charge in [-0.2, -0.15) is 0 Å². The molecule has 4 heteroatoms. The number of hydrogen-bond donors (Lipinski definition) is 3. The zero-order valence-electron chi connectivity index (χ0n) is 9.92. The van der Waals surface area contributed by atoms with Crippen molar-refractivity contribution in [3.05, 3.63) is 23.3 Å². The summed E-state index contributed by atoms with van der Waals surface area (Å²) in [7, 11) is 0. The minimum atomic E-state index is -0.104. The van der Waals surface area contributed by atoms with E-state index in [4.69, 9.17) is 0 Å². The zero-order chi connectivity index (χ0) is 12.1. The fraction of sp³-hybridized carbons (Fsp3) is 0.417. The van der Waals surface area contributed by atoms with E-state index in [-0.39, 0.29) is 18.2 Å². The van der Waals surface area contributed by atoms with Crippen LogP contribution in [0.15, 0.2) is 12.1 Å². The number of aromatic hydroxyl groups is 1. The highest BCUT2D eigenvalue weighted by molar-refractivity contribution is 5.93. The van der Waals surface area contributed by atoms with Gasteiger partial charge in [-0.3, -0.25) is 4.79 Å². The number of phenolic OH excluding ortho intramolecular Hbond substituents is 1. The van der Waals surface area contributed by atoms with Crippen molar-refractivity contribution in [1.82, 2.24) is 5.32 Å². The Morgan fingerprint density at radius 1 is 1.38 bits per heavy atom. The number of rotatable bonds is 4. The third-order valence-electron chi connectivity index (χ3n) is 2.44. The molecule has 1 amide bonds. The molecule has 0 unspecified atom stereocenters. The van der Waals surface area contributed by atoms with Crippen LogP contribution in [-0.2, 0) is 4.79 Å². The maximum atomic E-state index is 11.5. The van der Waals surface area contributed by atoms with Crippen molar-refractivity contribution in [1.29, 1.82) is 0 Å². The monoisotopic (exact) mass is 222 g/mol. The number of phenols is 1. The van der Waals surface area contributed by atoms with Gasteiger partial charge in [-0.25, -0.2) is 0 Å². The lowest BCUT2D eigenvalue weighted by atomic mass is 10.1. The van der Waals surface area contributed by atoms with Gasteiger partial charge in [0.2, 0.25) is 5.91 Å². The molecular formula is C12H18N2O2. The smallest absolute Gasteiger partial charge is 0.238 e. The molecule has 0 heterocycles. The highest BCUT2D eigenvalue weighted by atomic mass is 16.3. The minimum Gasteiger partial charge on any atom is -0.507 e. The van der Waals surface area contributed by atoms with E-state index in [1.54, 1.807) is 19.1 Å². The molecule has 4 nitrogen and oxygen atoms in total. The molecule has 0 bridgehead atoms. The summed E-state index contributed by atoms with van der Waals surface area (Å²) in [4.78, 5) is 11.5. The number of benzene rings is 1. The van der Waals surface area contributed by atoms with Crippen molar-refractivity contribution < 1.29 is 9.90 Å². The molecular weight excluding hydrogens is 204 g/mol. The first-order valence-electron chi connectivity index (χ1n) is 5.36. The first kappa shape index (κ1) is 12.5. The third kappa shape index (κ3) is 2.97. The van der Waals surface area contributed by atoms with E-state index in [1.165, 1.54) is 0 Å².